The van der Waals surface area contributed by atoms with Crippen LogP contribution in [-0.2, 0) is 0 Å². The Bertz CT molecular complexity index is 960. The Balaban J connectivity index is 1.74. The maximum Gasteiger partial charge on any atom is 0.262 e. The van der Waals surface area contributed by atoms with E-state index in [9.17, 15) is 4.79 Å². The highest BCUT2D eigenvalue weighted by molar-refractivity contribution is 6.07. The quantitative estimate of drug-likeness (QED) is 0.704. The zero-order valence-electron chi connectivity index (χ0n) is 15.1. The van der Waals surface area contributed by atoms with Crippen LogP contribution in [0.15, 0.2) is 60.8 Å². The number of ether oxygens (including phenoxy) is 1. The van der Waals surface area contributed by atoms with E-state index in [1.54, 1.807) is 15.8 Å². The number of nitrogens with zero attached hydrogens (tertiary/aromatic N) is 3. The van der Waals surface area contributed by atoms with Crippen LogP contribution in [0, 0.1) is 6.92 Å². The molecule has 1 aliphatic heterocycles. The minimum absolute atomic E-state index is 0.0616. The first-order chi connectivity index (χ1) is 12.5. The number of hydrogen-bond acceptors (Lipinski definition) is 3. The van der Waals surface area contributed by atoms with Crippen molar-refractivity contribution in [1.82, 2.24) is 9.78 Å². The van der Waals surface area contributed by atoms with Crippen LogP contribution in [-0.4, -0.2) is 27.8 Å². The summed E-state index contributed by atoms with van der Waals surface area (Å²) in [5.74, 6) is 0.665. The standard InChI is InChI=1S/C21H21N3O2/c1-15-17(13-22-24(15)16-9-5-4-6-10-16)20(25)23-14-21(2,3)26-19-12-8-7-11-18(19)23/h4-13H,14H2,1-3H3. The third-order valence-corrected chi connectivity index (χ3v) is 4.57. The minimum Gasteiger partial charge on any atom is -0.484 e. The number of benzene rings is 2. The molecule has 0 bridgehead atoms. The molecule has 0 saturated heterocycles. The van der Waals surface area contributed by atoms with E-state index < -0.39 is 5.60 Å². The van der Waals surface area contributed by atoms with Crippen molar-refractivity contribution < 1.29 is 9.53 Å². The monoisotopic (exact) mass is 347 g/mol. The first-order valence-electron chi connectivity index (χ1n) is 8.66. The molecule has 1 aliphatic rings. The number of amides is 1. The van der Waals surface area contributed by atoms with E-state index >= 15 is 0 Å². The highest BCUT2D eigenvalue weighted by Gasteiger charge is 2.36. The van der Waals surface area contributed by atoms with Crippen molar-refractivity contribution in [2.24, 2.45) is 0 Å². The molecule has 5 nitrogen and oxygen atoms in total. The summed E-state index contributed by atoms with van der Waals surface area (Å²) in [5, 5.41) is 4.43. The molecule has 0 saturated carbocycles. The zero-order chi connectivity index (χ0) is 18.3. The Hall–Kier alpha value is -3.08. The summed E-state index contributed by atoms with van der Waals surface area (Å²) in [4.78, 5) is 15.1. The molecule has 1 aromatic heterocycles. The fourth-order valence-electron chi connectivity index (χ4n) is 3.34. The second-order valence-electron chi connectivity index (χ2n) is 7.11. The van der Waals surface area contributed by atoms with Crippen LogP contribution in [0.3, 0.4) is 0 Å². The van der Waals surface area contributed by atoms with Crippen molar-refractivity contribution in [3.63, 3.8) is 0 Å². The minimum atomic E-state index is -0.451. The van der Waals surface area contributed by atoms with E-state index in [2.05, 4.69) is 5.10 Å². The maximum absolute atomic E-state index is 13.3. The molecule has 0 spiro atoms. The van der Waals surface area contributed by atoms with E-state index in [4.69, 9.17) is 4.74 Å². The van der Waals surface area contributed by atoms with Gasteiger partial charge in [0, 0.05) is 0 Å². The fraction of sp³-hybridized carbons (Fsp3) is 0.238. The van der Waals surface area contributed by atoms with E-state index in [1.807, 2.05) is 75.4 Å². The Morgan fingerprint density at radius 1 is 1.08 bits per heavy atom. The average Bonchev–Trinajstić information content (AvgIpc) is 3.02. The largest absolute Gasteiger partial charge is 0.484 e. The number of aromatic nitrogens is 2. The summed E-state index contributed by atoms with van der Waals surface area (Å²) >= 11 is 0. The lowest BCUT2D eigenvalue weighted by Crippen LogP contribution is -2.49. The number of carbonyl (C=O) groups excluding carboxylic acids is 1. The predicted molar refractivity (Wildman–Crippen MR) is 101 cm³/mol. The molecular weight excluding hydrogens is 326 g/mol. The van der Waals surface area contributed by atoms with Crippen LogP contribution in [0.5, 0.6) is 5.75 Å². The van der Waals surface area contributed by atoms with Gasteiger partial charge in [0.15, 0.2) is 0 Å². The van der Waals surface area contributed by atoms with Gasteiger partial charge in [0.2, 0.25) is 0 Å². The summed E-state index contributed by atoms with van der Waals surface area (Å²) in [7, 11) is 0. The van der Waals surface area contributed by atoms with Crippen molar-refractivity contribution in [2.45, 2.75) is 26.4 Å². The first kappa shape index (κ1) is 16.4. The second-order valence-corrected chi connectivity index (χ2v) is 7.11. The summed E-state index contributed by atoms with van der Waals surface area (Å²) in [5.41, 5.74) is 2.70. The number of para-hydroxylation sites is 3. The number of carbonyl (C=O) groups is 1. The lowest BCUT2D eigenvalue weighted by molar-refractivity contribution is 0.0836. The molecular formula is C21H21N3O2. The molecule has 0 radical (unpaired) electrons. The summed E-state index contributed by atoms with van der Waals surface area (Å²) in [6, 6.07) is 17.5. The number of rotatable bonds is 2. The average molecular weight is 347 g/mol. The van der Waals surface area contributed by atoms with E-state index in [-0.39, 0.29) is 5.91 Å². The van der Waals surface area contributed by atoms with Crippen molar-refractivity contribution in [2.75, 3.05) is 11.4 Å². The fourth-order valence-corrected chi connectivity index (χ4v) is 3.34. The molecule has 5 heteroatoms. The zero-order valence-corrected chi connectivity index (χ0v) is 15.1. The molecule has 3 aromatic rings. The Kier molecular flexibility index (Phi) is 3.80. The lowest BCUT2D eigenvalue weighted by atomic mass is 10.0. The number of fused-ring (bicyclic) bond motifs is 1. The molecule has 1 amide bonds. The molecule has 0 unspecified atom stereocenters. The molecule has 4 rings (SSSR count). The van der Waals surface area contributed by atoms with E-state index in [0.29, 0.717) is 12.1 Å². The molecule has 2 heterocycles. The highest BCUT2D eigenvalue weighted by atomic mass is 16.5. The molecule has 0 N–H and O–H groups in total. The van der Waals surface area contributed by atoms with Crippen LogP contribution in [0.2, 0.25) is 0 Å². The first-order valence-corrected chi connectivity index (χ1v) is 8.66. The topological polar surface area (TPSA) is 47.4 Å². The molecule has 0 atom stereocenters. The summed E-state index contributed by atoms with van der Waals surface area (Å²) < 4.78 is 7.82. The van der Waals surface area contributed by atoms with Gasteiger partial charge in [-0.2, -0.15) is 5.10 Å². The van der Waals surface area contributed by atoms with Gasteiger partial charge in [-0.25, -0.2) is 4.68 Å². The molecule has 26 heavy (non-hydrogen) atoms. The Labute approximate surface area is 152 Å². The molecule has 0 aliphatic carbocycles. The van der Waals surface area contributed by atoms with Crippen LogP contribution >= 0.6 is 0 Å². The summed E-state index contributed by atoms with van der Waals surface area (Å²) in [6.07, 6.45) is 1.65. The number of anilines is 1. The van der Waals surface area contributed by atoms with Gasteiger partial charge in [0.05, 0.1) is 35.4 Å². The third-order valence-electron chi connectivity index (χ3n) is 4.57. The number of hydrogen-bond donors (Lipinski definition) is 0. The van der Waals surface area contributed by atoms with Crippen molar-refractivity contribution in [3.8, 4) is 11.4 Å². The molecule has 2 aromatic carbocycles. The Morgan fingerprint density at radius 3 is 2.54 bits per heavy atom. The highest BCUT2D eigenvalue weighted by Crippen LogP contribution is 2.37. The van der Waals surface area contributed by atoms with Gasteiger partial charge in [-0.05, 0) is 45.0 Å². The maximum atomic E-state index is 13.3. The van der Waals surface area contributed by atoms with Crippen LogP contribution in [0.25, 0.3) is 5.69 Å². The molecule has 132 valence electrons. The SMILES string of the molecule is Cc1c(C(=O)N2CC(C)(C)Oc3ccccc32)cnn1-c1ccccc1. The van der Waals surface area contributed by atoms with Crippen LogP contribution in [0.4, 0.5) is 5.69 Å². The smallest absolute Gasteiger partial charge is 0.262 e. The van der Waals surface area contributed by atoms with Crippen LogP contribution in [0.1, 0.15) is 29.9 Å². The normalized spacial score (nSPS) is 15.3. The molecule has 0 fully saturated rings. The van der Waals surface area contributed by atoms with Gasteiger partial charge in [-0.1, -0.05) is 30.3 Å². The van der Waals surface area contributed by atoms with Gasteiger partial charge < -0.3 is 9.64 Å². The summed E-state index contributed by atoms with van der Waals surface area (Å²) in [6.45, 7) is 6.39. The Morgan fingerprint density at radius 2 is 1.77 bits per heavy atom. The van der Waals surface area contributed by atoms with E-state index in [1.165, 1.54) is 0 Å². The second kappa shape index (κ2) is 6.02. The van der Waals surface area contributed by atoms with Gasteiger partial charge in [-0.15, -0.1) is 0 Å². The van der Waals surface area contributed by atoms with Crippen molar-refractivity contribution in [3.05, 3.63) is 72.1 Å². The van der Waals surface area contributed by atoms with Crippen molar-refractivity contribution >= 4 is 11.6 Å². The van der Waals surface area contributed by atoms with E-state index in [0.717, 1.165) is 22.8 Å². The van der Waals surface area contributed by atoms with Gasteiger partial charge in [0.25, 0.3) is 5.91 Å². The van der Waals surface area contributed by atoms with Gasteiger partial charge in [0.1, 0.15) is 11.4 Å². The third kappa shape index (κ3) is 2.75. The van der Waals surface area contributed by atoms with Gasteiger partial charge >= 0.3 is 0 Å². The van der Waals surface area contributed by atoms with Gasteiger partial charge in [-0.3, -0.25) is 4.79 Å². The van der Waals surface area contributed by atoms with Crippen LogP contribution < -0.4 is 9.64 Å². The predicted octanol–water partition coefficient (Wildman–Crippen LogP) is 4.00. The van der Waals surface area contributed by atoms with Crippen molar-refractivity contribution in [1.29, 1.82) is 0 Å². The lowest BCUT2D eigenvalue weighted by Gasteiger charge is -2.39.